The van der Waals surface area contributed by atoms with Gasteiger partial charge in [0.25, 0.3) is 11.8 Å². The molecule has 0 N–H and O–H groups in total. The summed E-state index contributed by atoms with van der Waals surface area (Å²) in [4.78, 5) is 27.7. The van der Waals surface area contributed by atoms with Gasteiger partial charge in [0, 0.05) is 26.8 Å². The summed E-state index contributed by atoms with van der Waals surface area (Å²) in [5.41, 5.74) is 1.11. The topological polar surface area (TPSA) is 59.1 Å². The van der Waals surface area contributed by atoms with E-state index in [9.17, 15) is 9.59 Å². The summed E-state index contributed by atoms with van der Waals surface area (Å²) in [5.74, 6) is 0.208. The number of ether oxygens (including phenoxy) is 2. The lowest BCUT2D eigenvalue weighted by Crippen LogP contribution is -2.31. The van der Waals surface area contributed by atoms with Gasteiger partial charge in [-0.2, -0.15) is 0 Å². The van der Waals surface area contributed by atoms with E-state index in [1.54, 1.807) is 39.3 Å². The molecule has 0 atom stereocenters. The number of amides is 2. The number of likely N-dealkylation sites (N-methyl/N-ethyl adjacent to an activating group) is 1. The number of benzene rings is 2. The van der Waals surface area contributed by atoms with Crippen LogP contribution in [0.4, 0.5) is 5.69 Å². The van der Waals surface area contributed by atoms with E-state index in [0.29, 0.717) is 11.3 Å². The van der Waals surface area contributed by atoms with Crippen LogP contribution in [-0.4, -0.2) is 51.6 Å². The molecular weight excluding hydrogens is 320 g/mol. The first-order valence-electron chi connectivity index (χ1n) is 7.78. The molecule has 0 saturated heterocycles. The van der Waals surface area contributed by atoms with Gasteiger partial charge in [-0.1, -0.05) is 24.3 Å². The van der Waals surface area contributed by atoms with Crippen molar-refractivity contribution in [1.29, 1.82) is 0 Å². The Kier molecular flexibility index (Phi) is 6.00. The fourth-order valence-electron chi connectivity index (χ4n) is 2.26. The van der Waals surface area contributed by atoms with Crippen molar-refractivity contribution in [3.05, 3.63) is 54.1 Å². The third-order valence-electron chi connectivity index (χ3n) is 3.69. The van der Waals surface area contributed by atoms with Gasteiger partial charge < -0.3 is 19.3 Å². The lowest BCUT2D eigenvalue weighted by molar-refractivity contribution is -0.120. The largest absolute Gasteiger partial charge is 0.493 e. The predicted molar refractivity (Wildman–Crippen MR) is 96.4 cm³/mol. The Morgan fingerprint density at radius 1 is 0.960 bits per heavy atom. The van der Waals surface area contributed by atoms with Crippen molar-refractivity contribution in [3.63, 3.8) is 0 Å². The van der Waals surface area contributed by atoms with Crippen molar-refractivity contribution in [2.24, 2.45) is 0 Å². The normalized spacial score (nSPS) is 10.1. The Labute approximate surface area is 147 Å². The maximum atomic E-state index is 12.4. The van der Waals surface area contributed by atoms with Crippen molar-refractivity contribution in [2.45, 2.75) is 0 Å². The minimum Gasteiger partial charge on any atom is -0.493 e. The van der Waals surface area contributed by atoms with Crippen molar-refractivity contribution < 1.29 is 19.1 Å². The molecule has 0 aliphatic rings. The summed E-state index contributed by atoms with van der Waals surface area (Å²) in [6.45, 7) is -0.209. The molecule has 6 heteroatoms. The van der Waals surface area contributed by atoms with E-state index >= 15 is 0 Å². The third-order valence-corrected chi connectivity index (χ3v) is 3.69. The molecule has 2 amide bonds. The van der Waals surface area contributed by atoms with Crippen molar-refractivity contribution in [2.75, 3.05) is 39.8 Å². The van der Waals surface area contributed by atoms with Crippen molar-refractivity contribution in [1.82, 2.24) is 4.90 Å². The van der Waals surface area contributed by atoms with Crippen molar-refractivity contribution in [3.8, 4) is 11.5 Å². The second-order valence-electron chi connectivity index (χ2n) is 5.61. The minimum absolute atomic E-state index is 0.209. The molecule has 2 aromatic carbocycles. The van der Waals surface area contributed by atoms with Gasteiger partial charge in [0.2, 0.25) is 0 Å². The predicted octanol–water partition coefficient (Wildman–Crippen LogP) is 2.44. The first kappa shape index (κ1) is 18.3. The molecule has 0 saturated carbocycles. The van der Waals surface area contributed by atoms with Crippen LogP contribution >= 0.6 is 0 Å². The smallest absolute Gasteiger partial charge is 0.264 e. The Morgan fingerprint density at radius 2 is 1.64 bits per heavy atom. The number of carbonyl (C=O) groups is 2. The fraction of sp³-hybridized carbons (Fsp3) is 0.263. The molecule has 0 spiro atoms. The average Bonchev–Trinajstić information content (AvgIpc) is 2.65. The zero-order valence-corrected chi connectivity index (χ0v) is 14.9. The van der Waals surface area contributed by atoms with E-state index in [1.807, 2.05) is 30.3 Å². The number of anilines is 1. The van der Waals surface area contributed by atoms with E-state index in [1.165, 1.54) is 16.9 Å². The Bertz CT molecular complexity index is 744. The van der Waals surface area contributed by atoms with Crippen LogP contribution in [0.15, 0.2) is 48.5 Å². The van der Waals surface area contributed by atoms with E-state index in [-0.39, 0.29) is 24.2 Å². The molecule has 6 nitrogen and oxygen atoms in total. The molecule has 25 heavy (non-hydrogen) atoms. The summed E-state index contributed by atoms with van der Waals surface area (Å²) < 4.78 is 10.9. The summed E-state index contributed by atoms with van der Waals surface area (Å²) in [6.07, 6.45) is 0. The SMILES string of the molecule is COc1cccc(C(=O)N(C)C)c1OCC(=O)N(C)c1ccccc1. The maximum absolute atomic E-state index is 12.4. The molecule has 0 aliphatic heterocycles. The van der Waals surface area contributed by atoms with Gasteiger partial charge in [-0.25, -0.2) is 0 Å². The summed E-state index contributed by atoms with van der Waals surface area (Å²) in [6, 6.07) is 14.3. The van der Waals surface area contributed by atoms with Crippen LogP contribution in [0.1, 0.15) is 10.4 Å². The van der Waals surface area contributed by atoms with Crippen LogP contribution in [0.25, 0.3) is 0 Å². The van der Waals surface area contributed by atoms with E-state index in [0.717, 1.165) is 5.69 Å². The number of carbonyl (C=O) groups excluding carboxylic acids is 2. The van der Waals surface area contributed by atoms with Crippen LogP contribution in [0.3, 0.4) is 0 Å². The van der Waals surface area contributed by atoms with Gasteiger partial charge in [-0.05, 0) is 24.3 Å². The van der Waals surface area contributed by atoms with Crippen molar-refractivity contribution >= 4 is 17.5 Å². The van der Waals surface area contributed by atoms with Gasteiger partial charge in [0.05, 0.1) is 12.7 Å². The van der Waals surface area contributed by atoms with Gasteiger partial charge in [0.15, 0.2) is 18.1 Å². The summed E-state index contributed by atoms with van der Waals surface area (Å²) in [5, 5.41) is 0. The fourth-order valence-corrected chi connectivity index (χ4v) is 2.26. The molecular formula is C19H22N2O4. The first-order valence-corrected chi connectivity index (χ1v) is 7.78. The van der Waals surface area contributed by atoms with E-state index in [4.69, 9.17) is 9.47 Å². The van der Waals surface area contributed by atoms with Gasteiger partial charge in [0.1, 0.15) is 0 Å². The number of hydrogen-bond donors (Lipinski definition) is 0. The summed E-state index contributed by atoms with van der Waals surface area (Å²) in [7, 11) is 6.47. The van der Waals surface area contributed by atoms with Crippen LogP contribution in [0.2, 0.25) is 0 Å². The van der Waals surface area contributed by atoms with Crippen LogP contribution in [-0.2, 0) is 4.79 Å². The molecule has 0 radical (unpaired) electrons. The number of hydrogen-bond acceptors (Lipinski definition) is 4. The maximum Gasteiger partial charge on any atom is 0.264 e. The number of para-hydroxylation sites is 2. The highest BCUT2D eigenvalue weighted by atomic mass is 16.5. The molecule has 0 heterocycles. The highest BCUT2D eigenvalue weighted by Crippen LogP contribution is 2.31. The molecule has 2 aromatic rings. The Hall–Kier alpha value is -3.02. The van der Waals surface area contributed by atoms with Gasteiger partial charge >= 0.3 is 0 Å². The molecule has 0 unspecified atom stereocenters. The number of nitrogens with zero attached hydrogens (tertiary/aromatic N) is 2. The lowest BCUT2D eigenvalue weighted by Gasteiger charge is -2.20. The molecule has 0 aliphatic carbocycles. The molecule has 2 rings (SSSR count). The minimum atomic E-state index is -0.236. The third kappa shape index (κ3) is 4.29. The highest BCUT2D eigenvalue weighted by Gasteiger charge is 2.20. The molecule has 0 fully saturated rings. The molecule has 0 aromatic heterocycles. The standard InChI is InChI=1S/C19H22N2O4/c1-20(2)19(23)15-11-8-12-16(24-4)18(15)25-13-17(22)21(3)14-9-6-5-7-10-14/h5-12H,13H2,1-4H3. The summed E-state index contributed by atoms with van der Waals surface area (Å²) >= 11 is 0. The second-order valence-corrected chi connectivity index (χ2v) is 5.61. The van der Waals surface area contributed by atoms with Crippen LogP contribution in [0, 0.1) is 0 Å². The monoisotopic (exact) mass is 342 g/mol. The number of methoxy groups -OCH3 is 1. The quantitative estimate of drug-likeness (QED) is 0.809. The zero-order chi connectivity index (χ0) is 18.4. The van der Waals surface area contributed by atoms with Gasteiger partial charge in [-0.15, -0.1) is 0 Å². The average molecular weight is 342 g/mol. The van der Waals surface area contributed by atoms with E-state index < -0.39 is 0 Å². The lowest BCUT2D eigenvalue weighted by atomic mass is 10.1. The Morgan fingerprint density at radius 3 is 2.24 bits per heavy atom. The number of rotatable bonds is 6. The van der Waals surface area contributed by atoms with Crippen LogP contribution < -0.4 is 14.4 Å². The Balaban J connectivity index is 2.19. The van der Waals surface area contributed by atoms with E-state index in [2.05, 4.69) is 0 Å². The van der Waals surface area contributed by atoms with Crippen LogP contribution in [0.5, 0.6) is 11.5 Å². The zero-order valence-electron chi connectivity index (χ0n) is 14.9. The van der Waals surface area contributed by atoms with Gasteiger partial charge in [-0.3, -0.25) is 9.59 Å². The molecule has 0 bridgehead atoms. The second kappa shape index (κ2) is 8.19. The molecule has 132 valence electrons. The first-order chi connectivity index (χ1) is 12.0. The highest BCUT2D eigenvalue weighted by molar-refractivity contribution is 5.98.